The molecule has 1 aromatic carbocycles. The van der Waals surface area contributed by atoms with Crippen LogP contribution in [0.4, 0.5) is 0 Å². The lowest BCUT2D eigenvalue weighted by molar-refractivity contribution is -0.121. The van der Waals surface area contributed by atoms with Gasteiger partial charge < -0.3 is 16.0 Å². The van der Waals surface area contributed by atoms with E-state index < -0.39 is 0 Å². The number of hydrogen-bond donors (Lipinski definition) is 3. The van der Waals surface area contributed by atoms with Crippen molar-refractivity contribution in [2.75, 3.05) is 13.6 Å². The molecule has 0 unspecified atom stereocenters. The Bertz CT molecular complexity index is 700. The van der Waals surface area contributed by atoms with Gasteiger partial charge in [0.05, 0.1) is 12.2 Å². The molecule has 0 aliphatic carbocycles. The molecule has 0 radical (unpaired) electrons. The van der Waals surface area contributed by atoms with Crippen LogP contribution in [0.5, 0.6) is 0 Å². The van der Waals surface area contributed by atoms with Crippen LogP contribution in [-0.4, -0.2) is 45.8 Å². The Morgan fingerprint density at radius 2 is 1.92 bits per heavy atom. The molecule has 0 fully saturated rings. The van der Waals surface area contributed by atoms with Gasteiger partial charge in [0.25, 0.3) is 0 Å². The van der Waals surface area contributed by atoms with Crippen LogP contribution < -0.4 is 16.0 Å². The molecule has 0 bridgehead atoms. The molecule has 8 heteroatoms. The van der Waals surface area contributed by atoms with Crippen molar-refractivity contribution in [3.05, 3.63) is 42.5 Å². The Labute approximate surface area is 147 Å². The maximum atomic E-state index is 11.8. The van der Waals surface area contributed by atoms with E-state index in [0.717, 1.165) is 11.3 Å². The van der Waals surface area contributed by atoms with Gasteiger partial charge in [-0.1, -0.05) is 12.1 Å². The van der Waals surface area contributed by atoms with Gasteiger partial charge in [-0.2, -0.15) is 5.10 Å². The summed E-state index contributed by atoms with van der Waals surface area (Å²) in [5.74, 6) is 0.497. The fourth-order valence-corrected chi connectivity index (χ4v) is 2.14. The molecule has 25 heavy (non-hydrogen) atoms. The minimum atomic E-state index is -0.248. The normalized spacial score (nSPS) is 11.9. The number of amides is 1. The molecule has 0 saturated heterocycles. The zero-order chi connectivity index (χ0) is 18.3. The van der Waals surface area contributed by atoms with E-state index in [-0.39, 0.29) is 18.0 Å². The molecule has 0 aliphatic heterocycles. The SMILES string of the molecule is CN=C(NCC(=O)NC(C)(C)C)NCc1ccc(-n2cncn2)cc1. The van der Waals surface area contributed by atoms with E-state index in [9.17, 15) is 4.79 Å². The van der Waals surface area contributed by atoms with Crippen LogP contribution in [0.25, 0.3) is 5.69 Å². The number of nitrogens with one attached hydrogen (secondary N) is 3. The van der Waals surface area contributed by atoms with Gasteiger partial charge in [-0.05, 0) is 38.5 Å². The van der Waals surface area contributed by atoms with Gasteiger partial charge in [-0.25, -0.2) is 9.67 Å². The summed E-state index contributed by atoms with van der Waals surface area (Å²) in [5, 5.41) is 13.2. The van der Waals surface area contributed by atoms with Gasteiger partial charge in [0, 0.05) is 19.1 Å². The van der Waals surface area contributed by atoms with Gasteiger partial charge >= 0.3 is 0 Å². The number of carbonyl (C=O) groups excluding carboxylic acids is 1. The average molecular weight is 343 g/mol. The number of aliphatic imine (C=N–C) groups is 1. The minimum absolute atomic E-state index is 0.0763. The van der Waals surface area contributed by atoms with E-state index in [1.165, 1.54) is 6.33 Å². The summed E-state index contributed by atoms with van der Waals surface area (Å²) in [5.41, 5.74) is 1.79. The van der Waals surface area contributed by atoms with Crippen LogP contribution in [0.3, 0.4) is 0 Å². The highest BCUT2D eigenvalue weighted by atomic mass is 16.2. The van der Waals surface area contributed by atoms with Gasteiger partial charge in [-0.3, -0.25) is 9.79 Å². The molecule has 1 heterocycles. The smallest absolute Gasteiger partial charge is 0.239 e. The number of hydrogen-bond acceptors (Lipinski definition) is 4. The van der Waals surface area contributed by atoms with Gasteiger partial charge in [0.2, 0.25) is 5.91 Å². The summed E-state index contributed by atoms with van der Waals surface area (Å²) in [6, 6.07) is 7.95. The first kappa shape index (κ1) is 18.4. The van der Waals surface area contributed by atoms with E-state index >= 15 is 0 Å². The quantitative estimate of drug-likeness (QED) is 0.552. The lowest BCUT2D eigenvalue weighted by atomic mass is 10.1. The van der Waals surface area contributed by atoms with E-state index in [2.05, 4.69) is 31.0 Å². The number of carbonyl (C=O) groups is 1. The zero-order valence-electron chi connectivity index (χ0n) is 15.1. The molecule has 1 amide bonds. The number of aromatic nitrogens is 3. The highest BCUT2D eigenvalue weighted by Gasteiger charge is 2.13. The van der Waals surface area contributed by atoms with E-state index in [0.29, 0.717) is 12.5 Å². The molecular formula is C17H25N7O. The first-order chi connectivity index (χ1) is 11.9. The number of nitrogens with zero attached hydrogens (tertiary/aromatic N) is 4. The number of rotatable bonds is 5. The summed E-state index contributed by atoms with van der Waals surface area (Å²) >= 11 is 0. The maximum Gasteiger partial charge on any atom is 0.239 e. The molecule has 0 atom stereocenters. The van der Waals surface area contributed by atoms with Crippen LogP contribution in [0.1, 0.15) is 26.3 Å². The topological polar surface area (TPSA) is 96.2 Å². The van der Waals surface area contributed by atoms with E-state index in [1.54, 1.807) is 18.1 Å². The molecule has 1 aromatic heterocycles. The summed E-state index contributed by atoms with van der Waals surface area (Å²) in [6.45, 7) is 6.60. The van der Waals surface area contributed by atoms with Crippen molar-refractivity contribution in [3.63, 3.8) is 0 Å². The second-order valence-corrected chi connectivity index (χ2v) is 6.58. The van der Waals surface area contributed by atoms with Gasteiger partial charge in [0.15, 0.2) is 5.96 Å². The molecule has 2 aromatic rings. The van der Waals surface area contributed by atoms with Crippen molar-refractivity contribution < 1.29 is 4.79 Å². The van der Waals surface area contributed by atoms with Crippen LogP contribution in [0.15, 0.2) is 41.9 Å². The molecular weight excluding hydrogens is 318 g/mol. The molecule has 2 rings (SSSR count). The van der Waals surface area contributed by atoms with Crippen molar-refractivity contribution in [3.8, 4) is 5.69 Å². The molecule has 0 aliphatic rings. The van der Waals surface area contributed by atoms with Crippen LogP contribution in [0.2, 0.25) is 0 Å². The summed E-state index contributed by atoms with van der Waals surface area (Å²) in [6.07, 6.45) is 3.16. The highest BCUT2D eigenvalue weighted by Crippen LogP contribution is 2.07. The van der Waals surface area contributed by atoms with E-state index in [1.807, 2.05) is 45.0 Å². The highest BCUT2D eigenvalue weighted by molar-refractivity contribution is 5.86. The molecule has 3 N–H and O–H groups in total. The lowest BCUT2D eigenvalue weighted by Crippen LogP contribution is -2.48. The first-order valence-electron chi connectivity index (χ1n) is 8.07. The van der Waals surface area contributed by atoms with Crippen LogP contribution in [0, 0.1) is 0 Å². The second kappa shape index (κ2) is 8.27. The van der Waals surface area contributed by atoms with Crippen molar-refractivity contribution >= 4 is 11.9 Å². The Morgan fingerprint density at radius 3 is 2.48 bits per heavy atom. The van der Waals surface area contributed by atoms with Crippen molar-refractivity contribution in [1.29, 1.82) is 0 Å². The maximum absolute atomic E-state index is 11.8. The summed E-state index contributed by atoms with van der Waals surface area (Å²) < 4.78 is 1.70. The molecule has 8 nitrogen and oxygen atoms in total. The van der Waals surface area contributed by atoms with Crippen LogP contribution in [-0.2, 0) is 11.3 Å². The molecule has 0 spiro atoms. The Morgan fingerprint density at radius 1 is 1.20 bits per heavy atom. The minimum Gasteiger partial charge on any atom is -0.352 e. The van der Waals surface area contributed by atoms with Gasteiger partial charge in [0.1, 0.15) is 12.7 Å². The average Bonchev–Trinajstić information content (AvgIpc) is 3.08. The molecule has 0 saturated carbocycles. The van der Waals surface area contributed by atoms with E-state index in [4.69, 9.17) is 0 Å². The van der Waals surface area contributed by atoms with Gasteiger partial charge in [-0.15, -0.1) is 0 Å². The zero-order valence-corrected chi connectivity index (χ0v) is 15.1. The Balaban J connectivity index is 1.81. The van der Waals surface area contributed by atoms with Crippen molar-refractivity contribution in [2.24, 2.45) is 4.99 Å². The Hall–Kier alpha value is -2.90. The summed E-state index contributed by atoms with van der Waals surface area (Å²) in [7, 11) is 1.67. The predicted molar refractivity (Wildman–Crippen MR) is 97.5 cm³/mol. The monoisotopic (exact) mass is 343 g/mol. The largest absolute Gasteiger partial charge is 0.352 e. The lowest BCUT2D eigenvalue weighted by Gasteiger charge is -2.21. The number of guanidine groups is 1. The van der Waals surface area contributed by atoms with Crippen molar-refractivity contribution in [2.45, 2.75) is 32.9 Å². The standard InChI is InChI=1S/C17H25N7O/c1-17(2,3)23-15(25)10-21-16(18-4)20-9-13-5-7-14(8-6-13)24-12-19-11-22-24/h5-8,11-12H,9-10H2,1-4H3,(H,23,25)(H2,18,20,21). The van der Waals surface area contributed by atoms with Crippen molar-refractivity contribution in [1.82, 2.24) is 30.7 Å². The van der Waals surface area contributed by atoms with Crippen LogP contribution >= 0.6 is 0 Å². The fraction of sp³-hybridized carbons (Fsp3) is 0.412. The third-order valence-corrected chi connectivity index (χ3v) is 3.23. The third kappa shape index (κ3) is 6.25. The second-order valence-electron chi connectivity index (χ2n) is 6.58. The Kier molecular flexibility index (Phi) is 6.10. The predicted octanol–water partition coefficient (Wildman–Crippen LogP) is 0.847. The third-order valence-electron chi connectivity index (χ3n) is 3.23. The molecule has 134 valence electrons. The first-order valence-corrected chi connectivity index (χ1v) is 8.07. The summed E-state index contributed by atoms with van der Waals surface area (Å²) in [4.78, 5) is 19.9. The number of benzene rings is 1. The fourth-order valence-electron chi connectivity index (χ4n) is 2.14.